The lowest BCUT2D eigenvalue weighted by molar-refractivity contribution is -0.132. The van der Waals surface area contributed by atoms with Gasteiger partial charge in [-0.2, -0.15) is 0 Å². The summed E-state index contributed by atoms with van der Waals surface area (Å²) in [5.41, 5.74) is 1.93. The average molecular weight is 474 g/mol. The van der Waals surface area contributed by atoms with Gasteiger partial charge in [0.2, 0.25) is 0 Å². The molecule has 7 heteroatoms. The molecule has 1 heterocycles. The number of phenolic OH excluding ortho intramolecular Hbond substituents is 1. The Bertz CT molecular complexity index is 1310. The lowest BCUT2D eigenvalue weighted by Gasteiger charge is -2.26. The highest BCUT2D eigenvalue weighted by atomic mass is 16.5. The van der Waals surface area contributed by atoms with E-state index < -0.39 is 17.7 Å². The summed E-state index contributed by atoms with van der Waals surface area (Å²) in [5.74, 6) is -0.771. The molecule has 35 heavy (non-hydrogen) atoms. The fraction of sp³-hybridized carbons (Fsp3) is 0.214. The number of ether oxygens (including phenoxy) is 2. The molecule has 3 aromatic rings. The van der Waals surface area contributed by atoms with Crippen LogP contribution in [0.1, 0.15) is 42.5 Å². The number of nitrogens with zero attached hydrogens (tertiary/aromatic N) is 1. The number of phenols is 1. The van der Waals surface area contributed by atoms with Gasteiger partial charge in [0, 0.05) is 5.56 Å². The van der Waals surface area contributed by atoms with Crippen LogP contribution in [0.25, 0.3) is 5.76 Å². The minimum absolute atomic E-state index is 0.0664. The summed E-state index contributed by atoms with van der Waals surface area (Å²) in [6.45, 7) is 3.99. The number of anilines is 1. The summed E-state index contributed by atoms with van der Waals surface area (Å²) in [5, 5.41) is 21.9. The highest BCUT2D eigenvalue weighted by Gasteiger charge is 2.47. The van der Waals surface area contributed by atoms with E-state index in [0.717, 1.165) is 5.56 Å². The van der Waals surface area contributed by atoms with E-state index in [1.165, 1.54) is 11.0 Å². The van der Waals surface area contributed by atoms with Crippen molar-refractivity contribution >= 4 is 23.1 Å². The van der Waals surface area contributed by atoms with Crippen LogP contribution in [0.4, 0.5) is 5.69 Å². The van der Waals surface area contributed by atoms with Crippen LogP contribution in [0.3, 0.4) is 0 Å². The monoisotopic (exact) mass is 473 g/mol. The highest BCUT2D eigenvalue weighted by Crippen LogP contribution is 2.45. The van der Waals surface area contributed by atoms with Crippen molar-refractivity contribution in [1.29, 1.82) is 0 Å². The molecule has 1 unspecified atom stereocenters. The normalized spacial score (nSPS) is 17.2. The Morgan fingerprint density at radius 1 is 0.943 bits per heavy atom. The molecule has 4 rings (SSSR count). The summed E-state index contributed by atoms with van der Waals surface area (Å²) < 4.78 is 10.7. The minimum atomic E-state index is -0.959. The lowest BCUT2D eigenvalue weighted by Crippen LogP contribution is -2.29. The van der Waals surface area contributed by atoms with Crippen molar-refractivity contribution < 1.29 is 29.3 Å². The Kier molecular flexibility index (Phi) is 6.51. The van der Waals surface area contributed by atoms with Crippen molar-refractivity contribution in [2.75, 3.05) is 19.1 Å². The number of hydrogen-bond acceptors (Lipinski definition) is 6. The predicted molar refractivity (Wildman–Crippen MR) is 133 cm³/mol. The fourth-order valence-electron chi connectivity index (χ4n) is 4.34. The zero-order valence-corrected chi connectivity index (χ0v) is 20.0. The van der Waals surface area contributed by atoms with E-state index in [1.54, 1.807) is 74.9 Å². The fourth-order valence-corrected chi connectivity index (χ4v) is 4.34. The Labute approximate surface area is 203 Å². The van der Waals surface area contributed by atoms with E-state index in [1.807, 2.05) is 13.8 Å². The smallest absolute Gasteiger partial charge is 0.300 e. The maximum absolute atomic E-state index is 13.3. The standard InChI is InChI=1S/C28H27NO6/c1-16(2)20-15-18(11-14-23(20)35-4)26(31)24-25(17-9-12-19(34-3)13-10-17)29(28(33)27(24)32)21-7-5-6-8-22(21)30/h5-16,25,30-31H,1-4H3/b26-24-. The van der Waals surface area contributed by atoms with E-state index >= 15 is 0 Å². The first kappa shape index (κ1) is 23.9. The number of carbonyl (C=O) groups is 2. The van der Waals surface area contributed by atoms with Crippen LogP contribution in [-0.4, -0.2) is 36.1 Å². The molecule has 180 valence electrons. The van der Waals surface area contributed by atoms with Crippen molar-refractivity contribution in [3.05, 3.63) is 89.0 Å². The number of rotatable bonds is 6. The number of carbonyl (C=O) groups excluding carboxylic acids is 2. The minimum Gasteiger partial charge on any atom is -0.507 e. The maximum Gasteiger partial charge on any atom is 0.300 e. The van der Waals surface area contributed by atoms with Crippen LogP contribution in [0.15, 0.2) is 72.3 Å². The van der Waals surface area contributed by atoms with Gasteiger partial charge < -0.3 is 19.7 Å². The van der Waals surface area contributed by atoms with Gasteiger partial charge in [0.15, 0.2) is 0 Å². The second-order valence-corrected chi connectivity index (χ2v) is 8.54. The maximum atomic E-state index is 13.3. The SMILES string of the molecule is COc1ccc(C2/C(=C(/O)c3ccc(OC)c(C(C)C)c3)C(=O)C(=O)N2c2ccccc2O)cc1. The molecule has 0 spiro atoms. The topological polar surface area (TPSA) is 96.3 Å². The quantitative estimate of drug-likeness (QED) is 0.292. The van der Waals surface area contributed by atoms with Crippen LogP contribution >= 0.6 is 0 Å². The first-order valence-electron chi connectivity index (χ1n) is 11.2. The number of amides is 1. The molecule has 1 fully saturated rings. The van der Waals surface area contributed by atoms with Gasteiger partial charge >= 0.3 is 0 Å². The van der Waals surface area contributed by atoms with Crippen molar-refractivity contribution in [3.8, 4) is 17.2 Å². The Morgan fingerprint density at radius 3 is 2.23 bits per heavy atom. The van der Waals surface area contributed by atoms with Crippen molar-refractivity contribution in [2.24, 2.45) is 0 Å². The molecule has 2 N–H and O–H groups in total. The Balaban J connectivity index is 1.95. The van der Waals surface area contributed by atoms with Crippen LogP contribution in [-0.2, 0) is 9.59 Å². The van der Waals surface area contributed by atoms with Gasteiger partial charge in [0.1, 0.15) is 23.0 Å². The van der Waals surface area contributed by atoms with Crippen LogP contribution in [0.2, 0.25) is 0 Å². The third-order valence-corrected chi connectivity index (χ3v) is 6.14. The third-order valence-electron chi connectivity index (χ3n) is 6.14. The van der Waals surface area contributed by atoms with Gasteiger partial charge in [-0.1, -0.05) is 38.1 Å². The number of Topliss-reactive ketones (excluding diaryl/α,β-unsaturated/α-hetero) is 1. The number of aliphatic hydroxyl groups is 1. The van der Waals surface area contributed by atoms with Crippen molar-refractivity contribution in [2.45, 2.75) is 25.8 Å². The third kappa shape index (κ3) is 4.21. The predicted octanol–water partition coefficient (Wildman–Crippen LogP) is 5.16. The highest BCUT2D eigenvalue weighted by molar-refractivity contribution is 6.51. The summed E-state index contributed by atoms with van der Waals surface area (Å²) in [6.07, 6.45) is 0. The molecule has 1 saturated heterocycles. The number of aliphatic hydroxyl groups excluding tert-OH is 1. The van der Waals surface area contributed by atoms with E-state index in [-0.39, 0.29) is 28.7 Å². The molecule has 1 aliphatic heterocycles. The van der Waals surface area contributed by atoms with Gasteiger partial charge in [-0.05, 0) is 59.5 Å². The summed E-state index contributed by atoms with van der Waals surface area (Å²) >= 11 is 0. The van der Waals surface area contributed by atoms with Gasteiger partial charge in [0.25, 0.3) is 11.7 Å². The molecule has 0 aliphatic carbocycles. The zero-order chi connectivity index (χ0) is 25.3. The van der Waals surface area contributed by atoms with Crippen LogP contribution in [0, 0.1) is 0 Å². The molecule has 0 saturated carbocycles. The molecule has 7 nitrogen and oxygen atoms in total. The second kappa shape index (κ2) is 9.54. The number of ketones is 1. The average Bonchev–Trinajstić information content (AvgIpc) is 3.13. The van der Waals surface area contributed by atoms with Crippen LogP contribution in [0.5, 0.6) is 17.2 Å². The number of methoxy groups -OCH3 is 2. The Morgan fingerprint density at radius 2 is 1.63 bits per heavy atom. The number of hydrogen-bond donors (Lipinski definition) is 2. The van der Waals surface area contributed by atoms with Crippen molar-refractivity contribution in [1.82, 2.24) is 0 Å². The molecule has 1 amide bonds. The summed E-state index contributed by atoms with van der Waals surface area (Å²) in [4.78, 5) is 27.8. The molecular formula is C28H27NO6. The number of aromatic hydroxyl groups is 1. The number of para-hydroxylation sites is 2. The summed E-state index contributed by atoms with van der Waals surface area (Å²) in [6, 6.07) is 17.3. The van der Waals surface area contributed by atoms with E-state index in [2.05, 4.69) is 0 Å². The van der Waals surface area contributed by atoms with E-state index in [0.29, 0.717) is 22.6 Å². The molecule has 0 aromatic heterocycles. The molecule has 1 aliphatic rings. The van der Waals surface area contributed by atoms with E-state index in [4.69, 9.17) is 9.47 Å². The first-order valence-corrected chi connectivity index (χ1v) is 11.2. The molecule has 0 radical (unpaired) electrons. The van der Waals surface area contributed by atoms with Crippen molar-refractivity contribution in [3.63, 3.8) is 0 Å². The largest absolute Gasteiger partial charge is 0.507 e. The van der Waals surface area contributed by atoms with Gasteiger partial charge in [-0.25, -0.2) is 0 Å². The zero-order valence-electron chi connectivity index (χ0n) is 20.0. The molecule has 0 bridgehead atoms. The molecular weight excluding hydrogens is 446 g/mol. The van der Waals surface area contributed by atoms with Gasteiger partial charge in [0.05, 0.1) is 31.5 Å². The first-order chi connectivity index (χ1) is 16.8. The lowest BCUT2D eigenvalue weighted by atomic mass is 9.93. The number of benzene rings is 3. The molecule has 1 atom stereocenters. The van der Waals surface area contributed by atoms with Crippen LogP contribution < -0.4 is 14.4 Å². The van der Waals surface area contributed by atoms with Gasteiger partial charge in [-0.15, -0.1) is 0 Å². The van der Waals surface area contributed by atoms with E-state index in [9.17, 15) is 19.8 Å². The van der Waals surface area contributed by atoms with Gasteiger partial charge in [-0.3, -0.25) is 14.5 Å². The molecule has 3 aromatic carbocycles. The second-order valence-electron chi connectivity index (χ2n) is 8.54. The Hall–Kier alpha value is -4.26. The summed E-state index contributed by atoms with van der Waals surface area (Å²) in [7, 11) is 3.11.